The summed E-state index contributed by atoms with van der Waals surface area (Å²) in [5.74, 6) is 1.45. The van der Waals surface area contributed by atoms with Gasteiger partial charge in [-0.25, -0.2) is 0 Å². The SMILES string of the molecule is NC[C@@H]1C[C@H]1c1ccc2ccccc2c1. The van der Waals surface area contributed by atoms with Crippen LogP contribution in [0.3, 0.4) is 0 Å². The van der Waals surface area contributed by atoms with E-state index in [1.807, 2.05) is 0 Å². The second kappa shape index (κ2) is 3.35. The molecule has 76 valence electrons. The van der Waals surface area contributed by atoms with Crippen molar-refractivity contribution in [1.82, 2.24) is 0 Å². The highest BCUT2D eigenvalue weighted by atomic mass is 14.6. The Hall–Kier alpha value is -1.34. The maximum Gasteiger partial charge on any atom is -0.00428 e. The molecule has 0 unspecified atom stereocenters. The zero-order valence-electron chi connectivity index (χ0n) is 8.69. The maximum atomic E-state index is 5.67. The number of hydrogen-bond donors (Lipinski definition) is 1. The van der Waals surface area contributed by atoms with Crippen molar-refractivity contribution < 1.29 is 0 Å². The summed E-state index contributed by atoms with van der Waals surface area (Å²) in [6.45, 7) is 0.831. The summed E-state index contributed by atoms with van der Waals surface area (Å²) < 4.78 is 0. The molecule has 15 heavy (non-hydrogen) atoms. The molecule has 0 spiro atoms. The third kappa shape index (κ3) is 1.53. The van der Waals surface area contributed by atoms with Crippen LogP contribution in [0.25, 0.3) is 10.8 Å². The standard InChI is InChI=1S/C14H15N/c15-9-13-8-14(13)12-6-5-10-3-1-2-4-11(10)7-12/h1-7,13-14H,8-9,15H2/t13-,14-/m0/s1. The smallest absolute Gasteiger partial charge is 0.00428 e. The lowest BCUT2D eigenvalue weighted by Crippen LogP contribution is -2.01. The van der Waals surface area contributed by atoms with Crippen LogP contribution >= 0.6 is 0 Å². The fraction of sp³-hybridized carbons (Fsp3) is 0.286. The van der Waals surface area contributed by atoms with Crippen LogP contribution in [0, 0.1) is 5.92 Å². The first-order chi connectivity index (χ1) is 7.38. The van der Waals surface area contributed by atoms with Gasteiger partial charge in [0.2, 0.25) is 0 Å². The number of fused-ring (bicyclic) bond motifs is 1. The van der Waals surface area contributed by atoms with Crippen LogP contribution in [0.1, 0.15) is 17.9 Å². The molecule has 1 heteroatoms. The van der Waals surface area contributed by atoms with Crippen molar-refractivity contribution in [2.24, 2.45) is 11.7 Å². The van der Waals surface area contributed by atoms with Crippen LogP contribution in [0.15, 0.2) is 42.5 Å². The lowest BCUT2D eigenvalue weighted by Gasteiger charge is -2.02. The van der Waals surface area contributed by atoms with Gasteiger partial charge in [-0.1, -0.05) is 42.5 Å². The van der Waals surface area contributed by atoms with Crippen LogP contribution in [0.2, 0.25) is 0 Å². The minimum absolute atomic E-state index is 0.722. The molecule has 1 aliphatic rings. The molecule has 3 rings (SSSR count). The first-order valence-electron chi connectivity index (χ1n) is 5.57. The topological polar surface area (TPSA) is 26.0 Å². The highest BCUT2D eigenvalue weighted by Crippen LogP contribution is 2.47. The largest absolute Gasteiger partial charge is 0.330 e. The van der Waals surface area contributed by atoms with E-state index in [0.29, 0.717) is 0 Å². The summed E-state index contributed by atoms with van der Waals surface area (Å²) in [5, 5.41) is 2.67. The number of benzene rings is 2. The van der Waals surface area contributed by atoms with Gasteiger partial charge < -0.3 is 5.73 Å². The van der Waals surface area contributed by atoms with Crippen molar-refractivity contribution in [2.45, 2.75) is 12.3 Å². The molecule has 1 saturated carbocycles. The molecule has 2 N–H and O–H groups in total. The van der Waals surface area contributed by atoms with E-state index >= 15 is 0 Å². The van der Waals surface area contributed by atoms with Crippen molar-refractivity contribution in [1.29, 1.82) is 0 Å². The number of rotatable bonds is 2. The van der Waals surface area contributed by atoms with Crippen LogP contribution in [0.5, 0.6) is 0 Å². The lowest BCUT2D eigenvalue weighted by atomic mass is 10.0. The molecule has 0 heterocycles. The van der Waals surface area contributed by atoms with Crippen LogP contribution in [-0.2, 0) is 0 Å². The molecule has 1 nitrogen and oxygen atoms in total. The highest BCUT2D eigenvalue weighted by molar-refractivity contribution is 5.83. The predicted octanol–water partition coefficient (Wildman–Crippen LogP) is 2.90. The second-order valence-corrected chi connectivity index (χ2v) is 4.44. The van der Waals surface area contributed by atoms with Gasteiger partial charge in [-0.15, -0.1) is 0 Å². The third-order valence-electron chi connectivity index (χ3n) is 3.43. The lowest BCUT2D eigenvalue weighted by molar-refractivity contribution is 0.810. The summed E-state index contributed by atoms with van der Waals surface area (Å²) in [5.41, 5.74) is 7.14. The molecular weight excluding hydrogens is 182 g/mol. The Morgan fingerprint density at radius 3 is 2.60 bits per heavy atom. The van der Waals surface area contributed by atoms with E-state index in [0.717, 1.165) is 18.4 Å². The van der Waals surface area contributed by atoms with Gasteiger partial charge in [-0.05, 0) is 41.1 Å². The van der Waals surface area contributed by atoms with Gasteiger partial charge in [0.15, 0.2) is 0 Å². The highest BCUT2D eigenvalue weighted by Gasteiger charge is 2.36. The quantitative estimate of drug-likeness (QED) is 0.787. The Balaban J connectivity index is 2.00. The van der Waals surface area contributed by atoms with Crippen molar-refractivity contribution in [3.8, 4) is 0 Å². The average Bonchev–Trinajstić information content (AvgIpc) is 3.08. The molecule has 2 atom stereocenters. The zero-order valence-corrected chi connectivity index (χ0v) is 8.69. The molecule has 2 aromatic rings. The number of hydrogen-bond acceptors (Lipinski definition) is 1. The van der Waals surface area contributed by atoms with Crippen LogP contribution in [-0.4, -0.2) is 6.54 Å². The van der Waals surface area contributed by atoms with Crippen LogP contribution < -0.4 is 5.73 Å². The van der Waals surface area contributed by atoms with E-state index < -0.39 is 0 Å². The molecule has 0 bridgehead atoms. The van der Waals surface area contributed by atoms with Gasteiger partial charge in [-0.2, -0.15) is 0 Å². The van der Waals surface area contributed by atoms with E-state index in [-0.39, 0.29) is 0 Å². The van der Waals surface area contributed by atoms with Gasteiger partial charge in [0.05, 0.1) is 0 Å². The molecule has 0 saturated heterocycles. The van der Waals surface area contributed by atoms with Crippen molar-refractivity contribution in [3.05, 3.63) is 48.0 Å². The zero-order chi connectivity index (χ0) is 10.3. The van der Waals surface area contributed by atoms with Crippen LogP contribution in [0.4, 0.5) is 0 Å². The summed E-state index contributed by atoms with van der Waals surface area (Å²) in [7, 11) is 0. The monoisotopic (exact) mass is 197 g/mol. The fourth-order valence-electron chi connectivity index (χ4n) is 2.35. The van der Waals surface area contributed by atoms with Crippen molar-refractivity contribution >= 4 is 10.8 Å². The predicted molar refractivity (Wildman–Crippen MR) is 63.9 cm³/mol. The Kier molecular flexibility index (Phi) is 2.00. The van der Waals surface area contributed by atoms with Gasteiger partial charge in [0, 0.05) is 0 Å². The van der Waals surface area contributed by atoms with Crippen molar-refractivity contribution in [2.75, 3.05) is 6.54 Å². The second-order valence-electron chi connectivity index (χ2n) is 4.44. The Bertz CT molecular complexity index is 489. The third-order valence-corrected chi connectivity index (χ3v) is 3.43. The molecule has 0 aliphatic heterocycles. The minimum atomic E-state index is 0.722. The molecular formula is C14H15N. The summed E-state index contributed by atoms with van der Waals surface area (Å²) in [4.78, 5) is 0. The van der Waals surface area contributed by atoms with Gasteiger partial charge in [0.25, 0.3) is 0 Å². The van der Waals surface area contributed by atoms with E-state index in [1.165, 1.54) is 22.8 Å². The summed E-state index contributed by atoms with van der Waals surface area (Å²) in [6.07, 6.45) is 1.27. The average molecular weight is 197 g/mol. The summed E-state index contributed by atoms with van der Waals surface area (Å²) in [6, 6.07) is 15.3. The Morgan fingerprint density at radius 2 is 1.87 bits per heavy atom. The van der Waals surface area contributed by atoms with E-state index in [4.69, 9.17) is 5.73 Å². The number of nitrogens with two attached hydrogens (primary N) is 1. The molecule has 2 aromatic carbocycles. The molecule has 1 aliphatic carbocycles. The van der Waals surface area contributed by atoms with E-state index in [2.05, 4.69) is 42.5 Å². The minimum Gasteiger partial charge on any atom is -0.330 e. The Morgan fingerprint density at radius 1 is 1.07 bits per heavy atom. The maximum absolute atomic E-state index is 5.67. The van der Waals surface area contributed by atoms with Gasteiger partial charge in [0.1, 0.15) is 0 Å². The molecule has 0 radical (unpaired) electrons. The molecule has 0 aromatic heterocycles. The summed E-state index contributed by atoms with van der Waals surface area (Å²) >= 11 is 0. The fourth-order valence-corrected chi connectivity index (χ4v) is 2.35. The first kappa shape index (κ1) is 8.93. The van der Waals surface area contributed by atoms with E-state index in [1.54, 1.807) is 0 Å². The Labute approximate surface area is 89.9 Å². The molecule has 0 amide bonds. The van der Waals surface area contributed by atoms with Gasteiger partial charge in [-0.3, -0.25) is 0 Å². The molecule has 1 fully saturated rings. The normalized spacial score (nSPS) is 24.3. The van der Waals surface area contributed by atoms with Gasteiger partial charge >= 0.3 is 0 Å². The van der Waals surface area contributed by atoms with Crippen molar-refractivity contribution in [3.63, 3.8) is 0 Å². The van der Waals surface area contributed by atoms with E-state index in [9.17, 15) is 0 Å². The first-order valence-corrected chi connectivity index (χ1v) is 5.57.